The highest BCUT2D eigenvalue weighted by Gasteiger charge is 2.39. The van der Waals surface area contributed by atoms with E-state index < -0.39 is 0 Å². The molecule has 8 heteroatoms. The van der Waals surface area contributed by atoms with E-state index in [2.05, 4.69) is 47.2 Å². The van der Waals surface area contributed by atoms with E-state index in [1.165, 1.54) is 0 Å². The fraction of sp³-hybridized carbons (Fsp3) is 1.00. The van der Waals surface area contributed by atoms with Crippen LogP contribution in [0.25, 0.3) is 0 Å². The second kappa shape index (κ2) is 13.9. The third-order valence-electron chi connectivity index (χ3n) is 4.64. The maximum Gasteiger partial charge on any atom is 0.109 e. The average molecular weight is 416 g/mol. The van der Waals surface area contributed by atoms with Gasteiger partial charge in [-0.05, 0) is 46.2 Å². The maximum absolute atomic E-state index is 9.42. The van der Waals surface area contributed by atoms with Crippen molar-refractivity contribution in [2.75, 3.05) is 33.3 Å². The summed E-state index contributed by atoms with van der Waals surface area (Å²) in [6, 6.07) is -0.426. The average Bonchev–Trinajstić information content (AvgIpc) is 2.98. The molecule has 2 heterocycles. The van der Waals surface area contributed by atoms with E-state index in [1.807, 2.05) is 13.8 Å². The second-order valence-electron chi connectivity index (χ2n) is 8.03. The number of aliphatic hydroxyl groups excluding tert-OH is 1. The predicted molar refractivity (Wildman–Crippen MR) is 122 cm³/mol. The standard InChI is InChI=1S/C9H18BO2P.C7H13BO2.C3H9P/c1-5-7-8(12-13(3)4)6(2)9(10)11-7;1-3-5-6(9)4(2)7(8)10-5;1-4(2)3/h6-9H,5H2,1-4H3;4-7,9H,3H2,1-2H3;1-3H3. The fourth-order valence-corrected chi connectivity index (χ4v) is 3.76. The topological polar surface area (TPSA) is 47.9 Å². The van der Waals surface area contributed by atoms with Crippen LogP contribution in [0.5, 0.6) is 0 Å². The van der Waals surface area contributed by atoms with Gasteiger partial charge in [0.05, 0.1) is 24.4 Å². The van der Waals surface area contributed by atoms with Crippen molar-refractivity contribution in [2.45, 2.75) is 77.0 Å². The Hall–Kier alpha value is 0.830. The number of aliphatic hydroxyl groups is 1. The third kappa shape index (κ3) is 9.92. The van der Waals surface area contributed by atoms with Crippen LogP contribution in [0.4, 0.5) is 0 Å². The van der Waals surface area contributed by atoms with Crippen LogP contribution < -0.4 is 0 Å². The molecule has 8 atom stereocenters. The molecule has 0 bridgehead atoms. The van der Waals surface area contributed by atoms with Gasteiger partial charge in [0.25, 0.3) is 0 Å². The molecule has 27 heavy (non-hydrogen) atoms. The Balaban J connectivity index is 0.000000428. The van der Waals surface area contributed by atoms with Gasteiger partial charge in [-0.25, -0.2) is 0 Å². The highest BCUT2D eigenvalue weighted by atomic mass is 31.1. The summed E-state index contributed by atoms with van der Waals surface area (Å²) in [5, 5.41) is 9.42. The van der Waals surface area contributed by atoms with Crippen LogP contribution in [0.15, 0.2) is 0 Å². The van der Waals surface area contributed by atoms with Crippen LogP contribution in [-0.2, 0) is 14.0 Å². The van der Waals surface area contributed by atoms with Crippen molar-refractivity contribution in [3.05, 3.63) is 0 Å². The van der Waals surface area contributed by atoms with Gasteiger partial charge in [-0.3, -0.25) is 0 Å². The van der Waals surface area contributed by atoms with E-state index in [9.17, 15) is 5.11 Å². The lowest BCUT2D eigenvalue weighted by atomic mass is 9.86. The van der Waals surface area contributed by atoms with Gasteiger partial charge in [-0.15, -0.1) is 7.92 Å². The van der Waals surface area contributed by atoms with Crippen LogP contribution in [-0.4, -0.2) is 90.5 Å². The largest absolute Gasteiger partial charge is 0.390 e. The lowest BCUT2D eigenvalue weighted by molar-refractivity contribution is 0.0295. The van der Waals surface area contributed by atoms with Crippen LogP contribution in [0, 0.1) is 11.8 Å². The van der Waals surface area contributed by atoms with Gasteiger partial charge < -0.3 is 19.1 Å². The van der Waals surface area contributed by atoms with E-state index in [0.717, 1.165) is 12.8 Å². The molecule has 8 unspecified atom stereocenters. The Morgan fingerprint density at radius 1 is 0.852 bits per heavy atom. The summed E-state index contributed by atoms with van der Waals surface area (Å²) in [6.45, 7) is 19.0. The van der Waals surface area contributed by atoms with Gasteiger partial charge in [0, 0.05) is 32.0 Å². The summed E-state index contributed by atoms with van der Waals surface area (Å²) in [7, 11) is 11.4. The molecule has 1 N–H and O–H groups in total. The summed E-state index contributed by atoms with van der Waals surface area (Å²) in [5.74, 6) is 0.389. The molecule has 2 aliphatic rings. The lowest BCUT2D eigenvalue weighted by Crippen LogP contribution is -2.27. The Morgan fingerprint density at radius 2 is 1.26 bits per heavy atom. The predicted octanol–water partition coefficient (Wildman–Crippen LogP) is 3.61. The van der Waals surface area contributed by atoms with Gasteiger partial charge in [-0.1, -0.05) is 27.7 Å². The highest BCUT2D eigenvalue weighted by molar-refractivity contribution is 7.55. The second-order valence-corrected chi connectivity index (χ2v) is 12.5. The summed E-state index contributed by atoms with van der Waals surface area (Å²) in [6.07, 6.45) is 1.77. The summed E-state index contributed by atoms with van der Waals surface area (Å²) in [4.78, 5) is 0. The van der Waals surface area contributed by atoms with E-state index in [4.69, 9.17) is 29.7 Å². The minimum absolute atomic E-state index is 0.0509. The van der Waals surface area contributed by atoms with Crippen LogP contribution in [0.2, 0.25) is 0 Å². The van der Waals surface area contributed by atoms with Crippen molar-refractivity contribution in [2.24, 2.45) is 11.8 Å². The molecule has 2 saturated heterocycles. The molecule has 0 spiro atoms. The smallest absolute Gasteiger partial charge is 0.109 e. The minimum atomic E-state index is -0.375. The van der Waals surface area contributed by atoms with Crippen molar-refractivity contribution >= 4 is 31.8 Å². The molecule has 2 rings (SSSR count). The van der Waals surface area contributed by atoms with E-state index in [1.54, 1.807) is 0 Å². The van der Waals surface area contributed by atoms with Gasteiger partial charge in [-0.2, -0.15) is 0 Å². The Morgan fingerprint density at radius 3 is 1.56 bits per heavy atom. The quantitative estimate of drug-likeness (QED) is 0.562. The van der Waals surface area contributed by atoms with E-state index in [0.29, 0.717) is 13.8 Å². The van der Waals surface area contributed by atoms with E-state index in [-0.39, 0.29) is 50.5 Å². The normalized spacial score (nSPS) is 38.4. The molecule has 4 nitrogen and oxygen atoms in total. The molecule has 156 valence electrons. The Kier molecular flexibility index (Phi) is 14.4. The van der Waals surface area contributed by atoms with Gasteiger partial charge in [0.1, 0.15) is 15.7 Å². The van der Waals surface area contributed by atoms with E-state index >= 15 is 0 Å². The van der Waals surface area contributed by atoms with Crippen molar-refractivity contribution in [1.82, 2.24) is 0 Å². The van der Waals surface area contributed by atoms with Gasteiger partial charge >= 0.3 is 0 Å². The first kappa shape index (κ1) is 27.8. The maximum atomic E-state index is 9.42. The van der Waals surface area contributed by atoms with Crippen LogP contribution in [0.1, 0.15) is 40.5 Å². The molecule has 4 radical (unpaired) electrons. The van der Waals surface area contributed by atoms with Crippen molar-refractivity contribution in [3.8, 4) is 0 Å². The first-order valence-corrected chi connectivity index (χ1v) is 14.7. The molecule has 0 aliphatic carbocycles. The number of rotatable bonds is 4. The SMILES string of the molecule is CP(C)C.[B]C1OC(CC)C(O)C1C.[B]C1OC(CC)C(OP(C)C)C1C. The lowest BCUT2D eigenvalue weighted by Gasteiger charge is -2.22. The summed E-state index contributed by atoms with van der Waals surface area (Å²) < 4.78 is 16.7. The highest BCUT2D eigenvalue weighted by Crippen LogP contribution is 2.38. The zero-order valence-electron chi connectivity index (χ0n) is 18.8. The first-order chi connectivity index (χ1) is 12.5. The van der Waals surface area contributed by atoms with Crippen molar-refractivity contribution in [1.29, 1.82) is 0 Å². The molecular weight excluding hydrogens is 376 g/mol. The molecule has 0 aromatic heterocycles. The molecule has 0 amide bonds. The molecular formula is C19H40B2O4P2. The first-order valence-electron chi connectivity index (χ1n) is 9.91. The van der Waals surface area contributed by atoms with Gasteiger partial charge in [0.15, 0.2) is 0 Å². The van der Waals surface area contributed by atoms with Crippen molar-refractivity contribution < 1.29 is 19.1 Å². The summed E-state index contributed by atoms with van der Waals surface area (Å²) >= 11 is 0. The van der Waals surface area contributed by atoms with Crippen LogP contribution in [0.3, 0.4) is 0 Å². The zero-order chi connectivity index (χ0) is 21.3. The minimum Gasteiger partial charge on any atom is -0.390 e. The molecule has 0 aromatic carbocycles. The number of hydrogen-bond donors (Lipinski definition) is 1. The Labute approximate surface area is 173 Å². The molecule has 0 aromatic rings. The number of ether oxygens (including phenoxy) is 2. The zero-order valence-corrected chi connectivity index (χ0v) is 20.5. The molecule has 2 fully saturated rings. The van der Waals surface area contributed by atoms with Gasteiger partial charge in [0.2, 0.25) is 0 Å². The third-order valence-corrected chi connectivity index (χ3v) is 5.31. The molecule has 0 saturated carbocycles. The molecule has 2 aliphatic heterocycles. The summed E-state index contributed by atoms with van der Waals surface area (Å²) in [5.41, 5.74) is 0. The monoisotopic (exact) mass is 416 g/mol. The van der Waals surface area contributed by atoms with Crippen LogP contribution >= 0.6 is 16.1 Å². The Bertz CT molecular complexity index is 388. The number of hydrogen-bond acceptors (Lipinski definition) is 4. The van der Waals surface area contributed by atoms with Crippen molar-refractivity contribution in [3.63, 3.8) is 0 Å². The fourth-order valence-electron chi connectivity index (χ4n) is 2.94.